The summed E-state index contributed by atoms with van der Waals surface area (Å²) in [4.78, 5) is 8.22. The van der Waals surface area contributed by atoms with Gasteiger partial charge in [0, 0.05) is 5.92 Å². The molecular weight excluding hydrogens is 178 g/mol. The van der Waals surface area contributed by atoms with E-state index in [-0.39, 0.29) is 12.5 Å². The Morgan fingerprint density at radius 2 is 2.36 bits per heavy atom. The summed E-state index contributed by atoms with van der Waals surface area (Å²) in [6.07, 6.45) is 2.26. The van der Waals surface area contributed by atoms with Gasteiger partial charge in [0.1, 0.15) is 6.07 Å². The van der Waals surface area contributed by atoms with Gasteiger partial charge >= 0.3 is 0 Å². The van der Waals surface area contributed by atoms with Gasteiger partial charge in [-0.2, -0.15) is 5.26 Å². The Morgan fingerprint density at radius 1 is 1.64 bits per heavy atom. The maximum atomic E-state index is 9.10. The van der Waals surface area contributed by atoms with E-state index in [9.17, 15) is 0 Å². The van der Waals surface area contributed by atoms with Crippen molar-refractivity contribution >= 4 is 0 Å². The SMILES string of the molecule is CCC(CO)c1ncc(C#N)nc1C. The molecule has 0 aliphatic heterocycles. The molecule has 1 unspecified atom stereocenters. The zero-order chi connectivity index (χ0) is 10.6. The Hall–Kier alpha value is -1.47. The van der Waals surface area contributed by atoms with Gasteiger partial charge < -0.3 is 5.11 Å². The molecule has 1 atom stereocenters. The van der Waals surface area contributed by atoms with Crippen LogP contribution < -0.4 is 0 Å². The summed E-state index contributed by atoms with van der Waals surface area (Å²) >= 11 is 0. The molecule has 0 aromatic carbocycles. The quantitative estimate of drug-likeness (QED) is 0.777. The molecule has 0 saturated heterocycles. The number of aromatic nitrogens is 2. The van der Waals surface area contributed by atoms with Gasteiger partial charge in [0.05, 0.1) is 24.2 Å². The molecule has 4 heteroatoms. The van der Waals surface area contributed by atoms with Crippen LogP contribution in [0.25, 0.3) is 0 Å². The van der Waals surface area contributed by atoms with Gasteiger partial charge in [0.15, 0.2) is 5.69 Å². The zero-order valence-corrected chi connectivity index (χ0v) is 8.36. The van der Waals surface area contributed by atoms with Crippen molar-refractivity contribution in [2.75, 3.05) is 6.61 Å². The molecule has 0 spiro atoms. The van der Waals surface area contributed by atoms with Crippen LogP contribution in [-0.4, -0.2) is 21.7 Å². The molecule has 1 heterocycles. The molecule has 1 aromatic heterocycles. The van der Waals surface area contributed by atoms with Crippen molar-refractivity contribution in [3.63, 3.8) is 0 Å². The van der Waals surface area contributed by atoms with Crippen molar-refractivity contribution in [2.24, 2.45) is 0 Å². The van der Waals surface area contributed by atoms with E-state index in [2.05, 4.69) is 9.97 Å². The number of nitriles is 1. The second-order valence-electron chi connectivity index (χ2n) is 3.13. The number of hydrogen-bond donors (Lipinski definition) is 1. The molecule has 0 bridgehead atoms. The van der Waals surface area contributed by atoms with Gasteiger partial charge in [0.2, 0.25) is 0 Å². The minimum absolute atomic E-state index is 0.0234. The van der Waals surface area contributed by atoms with Crippen LogP contribution in [0.1, 0.15) is 36.3 Å². The third kappa shape index (κ3) is 2.06. The van der Waals surface area contributed by atoms with E-state index in [1.165, 1.54) is 6.20 Å². The lowest BCUT2D eigenvalue weighted by Crippen LogP contribution is -2.09. The van der Waals surface area contributed by atoms with Gasteiger partial charge in [-0.1, -0.05) is 6.92 Å². The summed E-state index contributed by atoms with van der Waals surface area (Å²) in [5, 5.41) is 17.7. The number of aliphatic hydroxyl groups is 1. The Balaban J connectivity index is 3.05. The lowest BCUT2D eigenvalue weighted by atomic mass is 10.0. The zero-order valence-electron chi connectivity index (χ0n) is 8.36. The van der Waals surface area contributed by atoms with E-state index in [4.69, 9.17) is 10.4 Å². The van der Waals surface area contributed by atoms with E-state index in [1.807, 2.05) is 19.9 Å². The number of aryl methyl sites for hydroxylation is 1. The number of rotatable bonds is 3. The van der Waals surface area contributed by atoms with Crippen LogP contribution in [0.4, 0.5) is 0 Å². The highest BCUT2D eigenvalue weighted by atomic mass is 16.3. The Morgan fingerprint density at radius 3 is 2.79 bits per heavy atom. The first-order chi connectivity index (χ1) is 6.72. The molecule has 14 heavy (non-hydrogen) atoms. The smallest absolute Gasteiger partial charge is 0.159 e. The molecule has 0 saturated carbocycles. The standard InChI is InChI=1S/C10H13N3O/c1-3-8(6-14)10-7(2)13-9(4-11)5-12-10/h5,8,14H,3,6H2,1-2H3. The summed E-state index contributed by atoms with van der Waals surface area (Å²) in [5.41, 5.74) is 1.83. The molecule has 0 amide bonds. The first-order valence-electron chi connectivity index (χ1n) is 4.57. The van der Waals surface area contributed by atoms with Gasteiger partial charge in [-0.15, -0.1) is 0 Å². The van der Waals surface area contributed by atoms with Crippen molar-refractivity contribution in [3.8, 4) is 6.07 Å². The molecule has 1 aromatic rings. The highest BCUT2D eigenvalue weighted by molar-refractivity contribution is 5.23. The summed E-state index contributed by atoms with van der Waals surface area (Å²) in [7, 11) is 0. The second kappa shape index (κ2) is 4.68. The Bertz CT molecular complexity index is 353. The van der Waals surface area contributed by atoms with Crippen molar-refractivity contribution < 1.29 is 5.11 Å². The first kappa shape index (κ1) is 10.6. The van der Waals surface area contributed by atoms with Gasteiger partial charge in [-0.05, 0) is 13.3 Å². The van der Waals surface area contributed by atoms with Crippen molar-refractivity contribution in [1.82, 2.24) is 9.97 Å². The molecule has 0 fully saturated rings. The van der Waals surface area contributed by atoms with Gasteiger partial charge in [-0.3, -0.25) is 4.98 Å². The van der Waals surface area contributed by atoms with E-state index < -0.39 is 0 Å². The highest BCUT2D eigenvalue weighted by Crippen LogP contribution is 2.18. The van der Waals surface area contributed by atoms with E-state index in [1.54, 1.807) is 0 Å². The molecule has 0 aliphatic rings. The summed E-state index contributed by atoms with van der Waals surface area (Å²) in [6.45, 7) is 3.86. The first-order valence-corrected chi connectivity index (χ1v) is 4.57. The van der Waals surface area contributed by atoms with Crippen molar-refractivity contribution in [1.29, 1.82) is 5.26 Å². The van der Waals surface area contributed by atoms with Crippen LogP contribution in [0, 0.1) is 18.3 Å². The molecule has 1 rings (SSSR count). The Kier molecular flexibility index (Phi) is 3.55. The van der Waals surface area contributed by atoms with Crippen LogP contribution in [0.2, 0.25) is 0 Å². The number of nitrogens with zero attached hydrogens (tertiary/aromatic N) is 3. The third-order valence-electron chi connectivity index (χ3n) is 2.20. The maximum absolute atomic E-state index is 9.10. The molecule has 1 N–H and O–H groups in total. The predicted octanol–water partition coefficient (Wildman–Crippen LogP) is 1.14. The van der Waals surface area contributed by atoms with Gasteiger partial charge in [-0.25, -0.2) is 4.98 Å². The maximum Gasteiger partial charge on any atom is 0.159 e. The minimum Gasteiger partial charge on any atom is -0.396 e. The van der Waals surface area contributed by atoms with Gasteiger partial charge in [0.25, 0.3) is 0 Å². The molecule has 4 nitrogen and oxygen atoms in total. The molecule has 0 radical (unpaired) electrons. The average Bonchev–Trinajstić information content (AvgIpc) is 2.22. The second-order valence-corrected chi connectivity index (χ2v) is 3.13. The fourth-order valence-corrected chi connectivity index (χ4v) is 1.35. The highest BCUT2D eigenvalue weighted by Gasteiger charge is 2.13. The van der Waals surface area contributed by atoms with E-state index >= 15 is 0 Å². The van der Waals surface area contributed by atoms with Crippen LogP contribution >= 0.6 is 0 Å². The normalized spacial score (nSPS) is 12.1. The average molecular weight is 191 g/mol. The van der Waals surface area contributed by atoms with E-state index in [0.717, 1.165) is 17.8 Å². The minimum atomic E-state index is 0.0234. The molecule has 0 aliphatic carbocycles. The van der Waals surface area contributed by atoms with Crippen molar-refractivity contribution in [2.45, 2.75) is 26.2 Å². The van der Waals surface area contributed by atoms with Crippen LogP contribution in [0.3, 0.4) is 0 Å². The molecule has 74 valence electrons. The summed E-state index contributed by atoms with van der Waals surface area (Å²) in [5.74, 6) is 0.0234. The lowest BCUT2D eigenvalue weighted by molar-refractivity contribution is 0.259. The topological polar surface area (TPSA) is 69.8 Å². The summed E-state index contributed by atoms with van der Waals surface area (Å²) < 4.78 is 0. The molecular formula is C10H13N3O. The number of hydrogen-bond acceptors (Lipinski definition) is 4. The largest absolute Gasteiger partial charge is 0.396 e. The van der Waals surface area contributed by atoms with Crippen molar-refractivity contribution in [3.05, 3.63) is 23.3 Å². The Labute approximate surface area is 83.2 Å². The summed E-state index contributed by atoms with van der Waals surface area (Å²) in [6, 6.07) is 1.93. The third-order valence-corrected chi connectivity index (χ3v) is 2.20. The fraction of sp³-hybridized carbons (Fsp3) is 0.500. The number of aliphatic hydroxyl groups excluding tert-OH is 1. The fourth-order valence-electron chi connectivity index (χ4n) is 1.35. The van der Waals surface area contributed by atoms with Crippen LogP contribution in [-0.2, 0) is 0 Å². The van der Waals surface area contributed by atoms with Crippen LogP contribution in [0.15, 0.2) is 6.20 Å². The monoisotopic (exact) mass is 191 g/mol. The predicted molar refractivity (Wildman–Crippen MR) is 51.6 cm³/mol. The lowest BCUT2D eigenvalue weighted by Gasteiger charge is -2.12. The van der Waals surface area contributed by atoms with E-state index in [0.29, 0.717) is 5.69 Å². The van der Waals surface area contributed by atoms with Crippen LogP contribution in [0.5, 0.6) is 0 Å².